The molecule has 1 atom stereocenters. The van der Waals surface area contributed by atoms with Crippen LogP contribution in [-0.4, -0.2) is 4.98 Å². The summed E-state index contributed by atoms with van der Waals surface area (Å²) in [5, 5.41) is 3.57. The summed E-state index contributed by atoms with van der Waals surface area (Å²) >= 11 is 1.68. The minimum Gasteiger partial charge on any atom is -0.378 e. The van der Waals surface area contributed by atoms with E-state index < -0.39 is 0 Å². The highest BCUT2D eigenvalue weighted by Crippen LogP contribution is 2.26. The van der Waals surface area contributed by atoms with Gasteiger partial charge in [-0.15, -0.1) is 11.3 Å². The monoisotopic (exact) mass is 296 g/mol. The number of fused-ring (bicyclic) bond motifs is 1. The normalized spacial score (nSPS) is 12.8. The van der Waals surface area contributed by atoms with E-state index in [1.165, 1.54) is 15.8 Å². The molecule has 0 aliphatic heterocycles. The minimum absolute atomic E-state index is 0.289. The first-order valence-corrected chi connectivity index (χ1v) is 8.21. The zero-order chi connectivity index (χ0) is 14.8. The number of hydrogen-bond acceptors (Lipinski definition) is 3. The SMILES string of the molecule is CC(C)c1ccc(C(C)Nc2ccc3ncsc3c2)cc1. The molecule has 0 fully saturated rings. The highest BCUT2D eigenvalue weighted by molar-refractivity contribution is 7.16. The molecule has 2 nitrogen and oxygen atoms in total. The van der Waals surface area contributed by atoms with Crippen LogP contribution in [0.3, 0.4) is 0 Å². The number of nitrogens with zero attached hydrogens (tertiary/aromatic N) is 1. The Labute approximate surface area is 129 Å². The van der Waals surface area contributed by atoms with Gasteiger partial charge in [-0.1, -0.05) is 38.1 Å². The maximum atomic E-state index is 4.31. The number of benzene rings is 2. The van der Waals surface area contributed by atoms with Crippen LogP contribution in [0.25, 0.3) is 10.2 Å². The van der Waals surface area contributed by atoms with E-state index in [-0.39, 0.29) is 6.04 Å². The van der Waals surface area contributed by atoms with Crippen LogP contribution in [0.2, 0.25) is 0 Å². The third-order valence-corrected chi connectivity index (χ3v) is 4.61. The lowest BCUT2D eigenvalue weighted by molar-refractivity contribution is 0.852. The van der Waals surface area contributed by atoms with Crippen LogP contribution >= 0.6 is 11.3 Å². The summed E-state index contributed by atoms with van der Waals surface area (Å²) in [7, 11) is 0. The largest absolute Gasteiger partial charge is 0.378 e. The van der Waals surface area contributed by atoms with Crippen molar-refractivity contribution in [3.8, 4) is 0 Å². The molecule has 0 radical (unpaired) electrons. The maximum absolute atomic E-state index is 4.31. The van der Waals surface area contributed by atoms with Crippen molar-refractivity contribution < 1.29 is 0 Å². The summed E-state index contributed by atoms with van der Waals surface area (Å²) in [6.07, 6.45) is 0. The number of aromatic nitrogens is 1. The average Bonchev–Trinajstić information content (AvgIpc) is 2.95. The Balaban J connectivity index is 1.76. The highest BCUT2D eigenvalue weighted by atomic mass is 32.1. The molecule has 0 aliphatic rings. The summed E-state index contributed by atoms with van der Waals surface area (Å²) in [5.41, 5.74) is 6.80. The van der Waals surface area contributed by atoms with Gasteiger partial charge in [0, 0.05) is 11.7 Å². The molecule has 0 amide bonds. The van der Waals surface area contributed by atoms with Crippen molar-refractivity contribution in [2.45, 2.75) is 32.7 Å². The lowest BCUT2D eigenvalue weighted by atomic mass is 9.99. The molecular weight excluding hydrogens is 276 g/mol. The van der Waals surface area contributed by atoms with E-state index >= 15 is 0 Å². The van der Waals surface area contributed by atoms with Crippen LogP contribution in [0.5, 0.6) is 0 Å². The van der Waals surface area contributed by atoms with E-state index in [9.17, 15) is 0 Å². The molecule has 0 aliphatic carbocycles. The third kappa shape index (κ3) is 3.08. The Hall–Kier alpha value is -1.87. The third-order valence-electron chi connectivity index (χ3n) is 3.82. The van der Waals surface area contributed by atoms with Crippen LogP contribution in [0.4, 0.5) is 5.69 Å². The van der Waals surface area contributed by atoms with Gasteiger partial charge in [0.1, 0.15) is 0 Å². The lowest BCUT2D eigenvalue weighted by Gasteiger charge is -2.16. The fourth-order valence-corrected chi connectivity index (χ4v) is 3.16. The first-order chi connectivity index (χ1) is 10.1. The summed E-state index contributed by atoms with van der Waals surface area (Å²) in [6, 6.07) is 15.5. The molecule has 1 heterocycles. The molecule has 0 spiro atoms. The Bertz CT molecular complexity index is 728. The van der Waals surface area contributed by atoms with E-state index in [0.717, 1.165) is 11.2 Å². The minimum atomic E-state index is 0.289. The molecule has 3 rings (SSSR count). The number of anilines is 1. The summed E-state index contributed by atoms with van der Waals surface area (Å²) in [4.78, 5) is 4.31. The molecule has 3 heteroatoms. The highest BCUT2D eigenvalue weighted by Gasteiger charge is 2.07. The van der Waals surface area contributed by atoms with Gasteiger partial charge in [-0.25, -0.2) is 4.98 Å². The van der Waals surface area contributed by atoms with Crippen LogP contribution in [0.1, 0.15) is 43.9 Å². The van der Waals surface area contributed by atoms with Gasteiger partial charge in [-0.2, -0.15) is 0 Å². The van der Waals surface area contributed by atoms with Gasteiger partial charge < -0.3 is 5.32 Å². The number of nitrogens with one attached hydrogen (secondary N) is 1. The molecule has 1 aromatic heterocycles. The Morgan fingerprint density at radius 1 is 0.952 bits per heavy atom. The standard InChI is InChI=1S/C18H20N2S/c1-12(2)14-4-6-15(7-5-14)13(3)20-16-8-9-17-18(10-16)21-11-19-17/h4-13,20H,1-3H3. The predicted octanol–water partition coefficient (Wildman–Crippen LogP) is 5.59. The van der Waals surface area contributed by atoms with Gasteiger partial charge in [0.15, 0.2) is 0 Å². The lowest BCUT2D eigenvalue weighted by Crippen LogP contribution is -2.06. The second-order valence-corrected chi connectivity index (χ2v) is 6.61. The molecular formula is C18H20N2S. The van der Waals surface area contributed by atoms with Crippen LogP contribution in [0, 0.1) is 0 Å². The summed E-state index contributed by atoms with van der Waals surface area (Å²) < 4.78 is 1.22. The molecule has 21 heavy (non-hydrogen) atoms. The number of hydrogen-bond donors (Lipinski definition) is 1. The predicted molar refractivity (Wildman–Crippen MR) is 92.2 cm³/mol. The van der Waals surface area contributed by atoms with Gasteiger partial charge in [-0.05, 0) is 42.2 Å². The van der Waals surface area contributed by atoms with Crippen molar-refractivity contribution in [1.29, 1.82) is 0 Å². The fourth-order valence-electron chi connectivity index (χ4n) is 2.45. The Kier molecular flexibility index (Phi) is 3.93. The number of rotatable bonds is 4. The fraction of sp³-hybridized carbons (Fsp3) is 0.278. The van der Waals surface area contributed by atoms with E-state index in [4.69, 9.17) is 0 Å². The molecule has 3 aromatic rings. The maximum Gasteiger partial charge on any atom is 0.0813 e. The topological polar surface area (TPSA) is 24.9 Å². The van der Waals surface area contributed by atoms with Crippen molar-refractivity contribution >= 4 is 27.2 Å². The molecule has 0 saturated heterocycles. The van der Waals surface area contributed by atoms with E-state index in [2.05, 4.69) is 73.5 Å². The second kappa shape index (κ2) is 5.86. The molecule has 2 aromatic carbocycles. The first-order valence-electron chi connectivity index (χ1n) is 7.33. The van der Waals surface area contributed by atoms with Gasteiger partial charge in [0.2, 0.25) is 0 Å². The van der Waals surface area contributed by atoms with Gasteiger partial charge >= 0.3 is 0 Å². The molecule has 1 unspecified atom stereocenters. The Morgan fingerprint density at radius 2 is 1.67 bits per heavy atom. The van der Waals surface area contributed by atoms with Crippen LogP contribution in [0.15, 0.2) is 48.0 Å². The summed E-state index contributed by atoms with van der Waals surface area (Å²) in [6.45, 7) is 6.64. The Morgan fingerprint density at radius 3 is 2.38 bits per heavy atom. The summed E-state index contributed by atoms with van der Waals surface area (Å²) in [5.74, 6) is 0.580. The van der Waals surface area contributed by atoms with E-state index in [1.54, 1.807) is 11.3 Å². The average molecular weight is 296 g/mol. The van der Waals surface area contributed by atoms with Crippen molar-refractivity contribution in [2.24, 2.45) is 0 Å². The van der Waals surface area contributed by atoms with Crippen LogP contribution in [-0.2, 0) is 0 Å². The first kappa shape index (κ1) is 14.1. The van der Waals surface area contributed by atoms with Gasteiger partial charge in [0.05, 0.1) is 15.7 Å². The van der Waals surface area contributed by atoms with E-state index in [0.29, 0.717) is 5.92 Å². The van der Waals surface area contributed by atoms with Crippen molar-refractivity contribution in [1.82, 2.24) is 4.98 Å². The van der Waals surface area contributed by atoms with Crippen LogP contribution < -0.4 is 5.32 Å². The quantitative estimate of drug-likeness (QED) is 0.678. The van der Waals surface area contributed by atoms with Gasteiger partial charge in [0.25, 0.3) is 0 Å². The van der Waals surface area contributed by atoms with Gasteiger partial charge in [-0.3, -0.25) is 0 Å². The molecule has 0 bridgehead atoms. The van der Waals surface area contributed by atoms with Crippen molar-refractivity contribution in [3.63, 3.8) is 0 Å². The molecule has 1 N–H and O–H groups in total. The van der Waals surface area contributed by atoms with Crippen molar-refractivity contribution in [2.75, 3.05) is 5.32 Å². The van der Waals surface area contributed by atoms with E-state index in [1.807, 2.05) is 5.51 Å². The zero-order valence-corrected chi connectivity index (χ0v) is 13.4. The molecule has 108 valence electrons. The smallest absolute Gasteiger partial charge is 0.0813 e. The zero-order valence-electron chi connectivity index (χ0n) is 12.6. The second-order valence-electron chi connectivity index (χ2n) is 5.72. The molecule has 0 saturated carbocycles. The van der Waals surface area contributed by atoms with Crippen molar-refractivity contribution in [3.05, 3.63) is 59.1 Å². The number of thiazole rings is 1.